The van der Waals surface area contributed by atoms with E-state index in [9.17, 15) is 15.2 Å². The Morgan fingerprint density at radius 2 is 2.09 bits per heavy atom. The first-order valence-electron chi connectivity index (χ1n) is 8.32. The number of aliphatic hydroxyl groups excluding tert-OH is 1. The predicted octanol–water partition coefficient (Wildman–Crippen LogP) is 1.72. The molecule has 2 unspecified atom stereocenters. The molecule has 23 heavy (non-hydrogen) atoms. The fourth-order valence-electron chi connectivity index (χ4n) is 3.82. The van der Waals surface area contributed by atoms with E-state index in [1.807, 2.05) is 6.92 Å². The molecule has 126 valence electrons. The third-order valence-corrected chi connectivity index (χ3v) is 4.98. The Balaban J connectivity index is 1.80. The minimum Gasteiger partial charge on any atom is -0.395 e. The second-order valence-electron chi connectivity index (χ2n) is 6.58. The third-order valence-electron chi connectivity index (χ3n) is 4.98. The van der Waals surface area contributed by atoms with Gasteiger partial charge in [0.05, 0.1) is 11.5 Å². The van der Waals surface area contributed by atoms with Crippen molar-refractivity contribution in [2.45, 2.75) is 44.7 Å². The zero-order valence-electron chi connectivity index (χ0n) is 13.5. The molecule has 0 saturated carbocycles. The van der Waals surface area contributed by atoms with Gasteiger partial charge in [0.2, 0.25) is 5.82 Å². The summed E-state index contributed by atoms with van der Waals surface area (Å²) in [5, 5.41) is 20.9. The predicted molar refractivity (Wildman–Crippen MR) is 87.7 cm³/mol. The highest BCUT2D eigenvalue weighted by Gasteiger charge is 2.34. The van der Waals surface area contributed by atoms with Crippen molar-refractivity contribution >= 4 is 11.5 Å². The SMILES string of the molecule is Cc1cnc(N2CCCC2CN2CCCC2CO)c([N+](=O)[O-])c1. The Morgan fingerprint density at radius 1 is 1.35 bits per heavy atom. The van der Waals surface area contributed by atoms with Crippen LogP contribution < -0.4 is 4.90 Å². The van der Waals surface area contributed by atoms with Gasteiger partial charge in [0.25, 0.3) is 0 Å². The van der Waals surface area contributed by atoms with E-state index in [0.29, 0.717) is 5.82 Å². The van der Waals surface area contributed by atoms with Gasteiger partial charge in [-0.25, -0.2) is 4.98 Å². The summed E-state index contributed by atoms with van der Waals surface area (Å²) < 4.78 is 0. The molecule has 1 N–H and O–H groups in total. The number of aromatic nitrogens is 1. The first-order chi connectivity index (χ1) is 11.1. The van der Waals surface area contributed by atoms with Crippen molar-refractivity contribution in [3.63, 3.8) is 0 Å². The van der Waals surface area contributed by atoms with Crippen LogP contribution in [0.1, 0.15) is 31.2 Å². The lowest BCUT2D eigenvalue weighted by Crippen LogP contribution is -2.43. The minimum absolute atomic E-state index is 0.0945. The lowest BCUT2D eigenvalue weighted by Gasteiger charge is -2.31. The second kappa shape index (κ2) is 6.80. The first kappa shape index (κ1) is 16.1. The van der Waals surface area contributed by atoms with Gasteiger partial charge in [-0.05, 0) is 44.7 Å². The van der Waals surface area contributed by atoms with Gasteiger partial charge in [0, 0.05) is 37.4 Å². The van der Waals surface area contributed by atoms with Crippen molar-refractivity contribution in [2.24, 2.45) is 0 Å². The maximum atomic E-state index is 11.4. The number of likely N-dealkylation sites (tertiary alicyclic amines) is 1. The van der Waals surface area contributed by atoms with E-state index < -0.39 is 0 Å². The van der Waals surface area contributed by atoms with Crippen LogP contribution in [0.2, 0.25) is 0 Å². The largest absolute Gasteiger partial charge is 0.395 e. The molecule has 7 nitrogen and oxygen atoms in total. The number of aliphatic hydroxyl groups is 1. The summed E-state index contributed by atoms with van der Waals surface area (Å²) in [6.45, 7) is 4.66. The Labute approximate surface area is 136 Å². The molecule has 1 aromatic heterocycles. The molecule has 1 aromatic rings. The molecule has 0 aromatic carbocycles. The number of hydrogen-bond acceptors (Lipinski definition) is 6. The summed E-state index contributed by atoms with van der Waals surface area (Å²) in [6.07, 6.45) is 5.88. The molecule has 0 amide bonds. The highest BCUT2D eigenvalue weighted by atomic mass is 16.6. The lowest BCUT2D eigenvalue weighted by atomic mass is 10.1. The smallest absolute Gasteiger partial charge is 0.311 e. The van der Waals surface area contributed by atoms with Gasteiger partial charge in [0.1, 0.15) is 0 Å². The number of nitrogens with zero attached hydrogens (tertiary/aromatic N) is 4. The highest BCUT2D eigenvalue weighted by Crippen LogP contribution is 2.33. The van der Waals surface area contributed by atoms with Crippen molar-refractivity contribution < 1.29 is 10.0 Å². The molecule has 2 fully saturated rings. The number of aryl methyl sites for hydroxylation is 1. The van der Waals surface area contributed by atoms with Gasteiger partial charge in [-0.2, -0.15) is 0 Å². The van der Waals surface area contributed by atoms with Gasteiger partial charge in [0.15, 0.2) is 0 Å². The van der Waals surface area contributed by atoms with E-state index in [0.717, 1.165) is 50.9 Å². The van der Waals surface area contributed by atoms with E-state index in [4.69, 9.17) is 0 Å². The number of pyridine rings is 1. The lowest BCUT2D eigenvalue weighted by molar-refractivity contribution is -0.384. The van der Waals surface area contributed by atoms with Crippen LogP contribution in [0.4, 0.5) is 11.5 Å². The number of rotatable bonds is 5. The first-order valence-corrected chi connectivity index (χ1v) is 8.32. The quantitative estimate of drug-likeness (QED) is 0.657. The molecule has 2 saturated heterocycles. The minimum atomic E-state index is -0.336. The molecule has 0 spiro atoms. The van der Waals surface area contributed by atoms with Gasteiger partial charge >= 0.3 is 5.69 Å². The van der Waals surface area contributed by atoms with E-state index in [1.165, 1.54) is 0 Å². The summed E-state index contributed by atoms with van der Waals surface area (Å²) in [4.78, 5) is 19.8. The molecule has 0 bridgehead atoms. The second-order valence-corrected chi connectivity index (χ2v) is 6.58. The normalized spacial score (nSPS) is 25.2. The fourth-order valence-corrected chi connectivity index (χ4v) is 3.82. The molecule has 3 heterocycles. The van der Waals surface area contributed by atoms with Crippen molar-refractivity contribution in [2.75, 3.05) is 31.1 Å². The van der Waals surface area contributed by atoms with Crippen LogP contribution in [0.3, 0.4) is 0 Å². The zero-order valence-corrected chi connectivity index (χ0v) is 13.5. The molecule has 0 aliphatic carbocycles. The van der Waals surface area contributed by atoms with Crippen molar-refractivity contribution in [1.82, 2.24) is 9.88 Å². The van der Waals surface area contributed by atoms with Gasteiger partial charge < -0.3 is 10.0 Å². The average molecular weight is 320 g/mol. The van der Waals surface area contributed by atoms with Crippen LogP contribution in [0.5, 0.6) is 0 Å². The zero-order chi connectivity index (χ0) is 16.4. The fraction of sp³-hybridized carbons (Fsp3) is 0.688. The van der Waals surface area contributed by atoms with E-state index in [1.54, 1.807) is 12.3 Å². The van der Waals surface area contributed by atoms with Crippen LogP contribution in [0.15, 0.2) is 12.3 Å². The van der Waals surface area contributed by atoms with E-state index >= 15 is 0 Å². The highest BCUT2D eigenvalue weighted by molar-refractivity contribution is 5.59. The summed E-state index contributed by atoms with van der Waals surface area (Å²) in [5.41, 5.74) is 0.896. The van der Waals surface area contributed by atoms with Crippen LogP contribution in [0.25, 0.3) is 0 Å². The summed E-state index contributed by atoms with van der Waals surface area (Å²) in [6, 6.07) is 2.07. The van der Waals surface area contributed by atoms with Crippen LogP contribution in [-0.4, -0.2) is 58.2 Å². The topological polar surface area (TPSA) is 82.7 Å². The Kier molecular flexibility index (Phi) is 4.77. The maximum Gasteiger partial charge on any atom is 0.311 e. The summed E-state index contributed by atoms with van der Waals surface area (Å²) in [7, 11) is 0. The third kappa shape index (κ3) is 3.30. The Morgan fingerprint density at radius 3 is 2.83 bits per heavy atom. The number of anilines is 1. The van der Waals surface area contributed by atoms with Gasteiger partial charge in [-0.3, -0.25) is 15.0 Å². The van der Waals surface area contributed by atoms with Gasteiger partial charge in [-0.1, -0.05) is 0 Å². The molecule has 2 aliphatic heterocycles. The molecule has 7 heteroatoms. The maximum absolute atomic E-state index is 11.4. The van der Waals surface area contributed by atoms with Crippen LogP contribution >= 0.6 is 0 Å². The molecule has 3 rings (SSSR count). The average Bonchev–Trinajstić information content (AvgIpc) is 3.16. The van der Waals surface area contributed by atoms with Crippen LogP contribution in [0, 0.1) is 17.0 Å². The number of hydrogen-bond donors (Lipinski definition) is 1. The molecule has 2 aliphatic rings. The van der Waals surface area contributed by atoms with Crippen molar-refractivity contribution in [1.29, 1.82) is 0 Å². The molecular weight excluding hydrogens is 296 g/mol. The van der Waals surface area contributed by atoms with E-state index in [2.05, 4.69) is 14.8 Å². The van der Waals surface area contributed by atoms with E-state index in [-0.39, 0.29) is 29.3 Å². The summed E-state index contributed by atoms with van der Waals surface area (Å²) >= 11 is 0. The Bertz CT molecular complexity index is 580. The molecule has 2 atom stereocenters. The van der Waals surface area contributed by atoms with Crippen molar-refractivity contribution in [3.8, 4) is 0 Å². The summed E-state index contributed by atoms with van der Waals surface area (Å²) in [5.74, 6) is 0.489. The van der Waals surface area contributed by atoms with Crippen LogP contribution in [-0.2, 0) is 0 Å². The standard InChI is InChI=1S/C16H24N4O3/c1-12-8-15(20(22)23)16(17-9-12)19-7-3-4-13(19)10-18-6-2-5-14(18)11-21/h8-9,13-14,21H,2-7,10-11H2,1H3. The monoisotopic (exact) mass is 320 g/mol. The number of nitro groups is 1. The van der Waals surface area contributed by atoms with Crippen molar-refractivity contribution in [3.05, 3.63) is 27.9 Å². The Hall–Kier alpha value is -1.73. The van der Waals surface area contributed by atoms with Gasteiger partial charge in [-0.15, -0.1) is 0 Å². The molecule has 0 radical (unpaired) electrons. The molecular formula is C16H24N4O3.